The molecule has 4 rings (SSSR count). The first-order chi connectivity index (χ1) is 12.3. The molecule has 0 aliphatic carbocycles. The van der Waals surface area contributed by atoms with E-state index in [1.54, 1.807) is 0 Å². The molecular weight excluding hydrogens is 328 g/mol. The van der Waals surface area contributed by atoms with E-state index in [1.807, 2.05) is 12.1 Å². The number of ether oxygens (including phenoxy) is 2. The molecule has 2 heterocycles. The van der Waals surface area contributed by atoms with Crippen molar-refractivity contribution in [1.82, 2.24) is 0 Å². The molecule has 0 bridgehead atoms. The van der Waals surface area contributed by atoms with Gasteiger partial charge in [-0.1, -0.05) is 60.7 Å². The second-order valence-electron chi connectivity index (χ2n) is 6.81. The molecule has 2 aromatic carbocycles. The van der Waals surface area contributed by atoms with E-state index in [-0.39, 0.29) is 23.1 Å². The van der Waals surface area contributed by atoms with Gasteiger partial charge in [0.25, 0.3) is 0 Å². The Hall–Kier alpha value is -1.55. The summed E-state index contributed by atoms with van der Waals surface area (Å²) >= 11 is 0. The van der Waals surface area contributed by atoms with Gasteiger partial charge in [-0.2, -0.15) is 0 Å². The van der Waals surface area contributed by atoms with Crippen LogP contribution < -0.4 is 0 Å². The molecule has 0 radical (unpaired) electrons. The van der Waals surface area contributed by atoms with Crippen molar-refractivity contribution >= 4 is 10.9 Å². The molecule has 1 unspecified atom stereocenters. The topological polar surface area (TPSA) is 18.5 Å². The lowest BCUT2D eigenvalue weighted by molar-refractivity contribution is -0.0697. The second kappa shape index (κ2) is 7.77. The molecule has 2 aromatic rings. The zero-order chi connectivity index (χ0) is 17.1. The molecule has 0 saturated carbocycles. The molecule has 2 fully saturated rings. The molecule has 2 aliphatic heterocycles. The molecule has 4 atom stereocenters. The molecule has 3 heteroatoms. The molecule has 2 aliphatic rings. The number of allylic oxidation sites excluding steroid dienone is 1. The van der Waals surface area contributed by atoms with Crippen LogP contribution in [0.1, 0.15) is 24.0 Å². The highest BCUT2D eigenvalue weighted by atomic mass is 32.2. The van der Waals surface area contributed by atoms with Crippen molar-refractivity contribution in [2.45, 2.75) is 43.5 Å². The molecule has 0 N–H and O–H groups in total. The first kappa shape index (κ1) is 16.9. The van der Waals surface area contributed by atoms with Crippen LogP contribution in [0.5, 0.6) is 0 Å². The lowest BCUT2D eigenvalue weighted by Crippen LogP contribution is -2.34. The normalized spacial score (nSPS) is 28.2. The summed E-state index contributed by atoms with van der Waals surface area (Å²) in [6.07, 6.45) is 2.72. The van der Waals surface area contributed by atoms with Gasteiger partial charge in [-0.15, -0.1) is 0 Å². The fourth-order valence-electron chi connectivity index (χ4n) is 3.77. The summed E-state index contributed by atoms with van der Waals surface area (Å²) in [6.45, 7) is 5.63. The van der Waals surface area contributed by atoms with Crippen LogP contribution in [0.25, 0.3) is 0 Å². The molecule has 0 amide bonds. The summed E-state index contributed by atoms with van der Waals surface area (Å²) in [7, 11) is 0.267. The van der Waals surface area contributed by atoms with Crippen molar-refractivity contribution in [2.75, 3.05) is 5.75 Å². The third kappa shape index (κ3) is 3.84. The average Bonchev–Trinajstić information content (AvgIpc) is 3.19. The van der Waals surface area contributed by atoms with Crippen LogP contribution in [0.15, 0.2) is 72.1 Å². The van der Waals surface area contributed by atoms with E-state index in [9.17, 15) is 0 Å². The monoisotopic (exact) mass is 353 g/mol. The van der Waals surface area contributed by atoms with E-state index in [1.165, 1.54) is 22.5 Å². The molecule has 0 spiro atoms. The number of rotatable bonds is 6. The second-order valence-corrected chi connectivity index (χ2v) is 9.18. The highest BCUT2D eigenvalue weighted by molar-refractivity contribution is 8.01. The maximum absolute atomic E-state index is 6.39. The maximum Gasteiger partial charge on any atom is 0.152 e. The minimum Gasteiger partial charge on any atom is -0.366 e. The van der Waals surface area contributed by atoms with Crippen molar-refractivity contribution in [3.05, 3.63) is 83.3 Å². The first-order valence-electron chi connectivity index (χ1n) is 9.00. The van der Waals surface area contributed by atoms with Gasteiger partial charge < -0.3 is 9.47 Å². The summed E-state index contributed by atoms with van der Waals surface area (Å²) in [4.78, 5) is 1.42. The average molecular weight is 354 g/mol. The number of benzene rings is 2. The predicted octanol–water partition coefficient (Wildman–Crippen LogP) is 4.47. The van der Waals surface area contributed by atoms with E-state index in [0.29, 0.717) is 18.5 Å². The van der Waals surface area contributed by atoms with E-state index in [4.69, 9.17) is 9.47 Å². The van der Waals surface area contributed by atoms with Crippen LogP contribution in [0.3, 0.4) is 0 Å². The highest BCUT2D eigenvalue weighted by Crippen LogP contribution is 2.42. The van der Waals surface area contributed by atoms with Crippen molar-refractivity contribution in [1.29, 1.82) is 0 Å². The Morgan fingerprint density at radius 1 is 0.880 bits per heavy atom. The molecule has 25 heavy (non-hydrogen) atoms. The van der Waals surface area contributed by atoms with Gasteiger partial charge in [0.05, 0.1) is 13.2 Å². The number of hydrogen-bond donors (Lipinski definition) is 0. The largest absolute Gasteiger partial charge is 0.366 e. The van der Waals surface area contributed by atoms with E-state index >= 15 is 0 Å². The van der Waals surface area contributed by atoms with Crippen LogP contribution in [-0.2, 0) is 33.6 Å². The summed E-state index contributed by atoms with van der Waals surface area (Å²) in [6, 6.07) is 20.9. The van der Waals surface area contributed by atoms with Crippen LogP contribution >= 0.6 is 0 Å². The Balaban J connectivity index is 1.43. The Morgan fingerprint density at radius 2 is 1.48 bits per heavy atom. The summed E-state index contributed by atoms with van der Waals surface area (Å²) in [5, 5.41) is 0.594. The third-order valence-corrected chi connectivity index (χ3v) is 7.98. The first-order valence-corrected chi connectivity index (χ1v) is 10.5. The Kier molecular flexibility index (Phi) is 5.25. The van der Waals surface area contributed by atoms with E-state index < -0.39 is 0 Å². The predicted molar refractivity (Wildman–Crippen MR) is 104 cm³/mol. The van der Waals surface area contributed by atoms with Crippen molar-refractivity contribution in [3.8, 4) is 0 Å². The van der Waals surface area contributed by atoms with Crippen LogP contribution in [0, 0.1) is 0 Å². The smallest absolute Gasteiger partial charge is 0.152 e. The van der Waals surface area contributed by atoms with Gasteiger partial charge in [0, 0.05) is 23.7 Å². The molecule has 130 valence electrons. The van der Waals surface area contributed by atoms with Gasteiger partial charge >= 0.3 is 0 Å². The van der Waals surface area contributed by atoms with Gasteiger partial charge in [-0.05, 0) is 17.7 Å². The van der Waals surface area contributed by atoms with Crippen LogP contribution in [0.2, 0.25) is 0 Å². The molecule has 2 nitrogen and oxygen atoms in total. The SMILES string of the molecule is C=C1CC[C@@H]2[C@@H](OCc3ccccc3)[C@H](OCc3ccccc3)C[S+]12. The summed E-state index contributed by atoms with van der Waals surface area (Å²) in [5.41, 5.74) is 2.46. The van der Waals surface area contributed by atoms with Gasteiger partial charge in [-0.25, -0.2) is 0 Å². The lowest BCUT2D eigenvalue weighted by Gasteiger charge is -2.20. The minimum absolute atomic E-state index is 0.175. The van der Waals surface area contributed by atoms with Crippen LogP contribution in [-0.4, -0.2) is 23.2 Å². The summed E-state index contributed by atoms with van der Waals surface area (Å²) < 4.78 is 12.7. The molecule has 0 aromatic heterocycles. The minimum atomic E-state index is 0.175. The number of hydrogen-bond acceptors (Lipinski definition) is 2. The Bertz CT molecular complexity index is 700. The van der Waals surface area contributed by atoms with Gasteiger partial charge in [0.2, 0.25) is 0 Å². The quantitative estimate of drug-likeness (QED) is 0.714. The van der Waals surface area contributed by atoms with Gasteiger partial charge in [0.1, 0.15) is 22.9 Å². The van der Waals surface area contributed by atoms with Crippen molar-refractivity contribution in [2.24, 2.45) is 0 Å². The third-order valence-electron chi connectivity index (χ3n) is 5.11. The lowest BCUT2D eigenvalue weighted by atomic mass is 10.1. The highest BCUT2D eigenvalue weighted by Gasteiger charge is 2.56. The maximum atomic E-state index is 6.39. The number of fused-ring (bicyclic) bond motifs is 1. The zero-order valence-corrected chi connectivity index (χ0v) is 15.3. The fourth-order valence-corrected chi connectivity index (χ4v) is 6.68. The van der Waals surface area contributed by atoms with Crippen LogP contribution in [0.4, 0.5) is 0 Å². The van der Waals surface area contributed by atoms with E-state index in [0.717, 1.165) is 12.2 Å². The van der Waals surface area contributed by atoms with Crippen molar-refractivity contribution in [3.63, 3.8) is 0 Å². The van der Waals surface area contributed by atoms with Gasteiger partial charge in [-0.3, -0.25) is 0 Å². The Labute approximate surface area is 153 Å². The molecule has 2 saturated heterocycles. The Morgan fingerprint density at radius 3 is 2.12 bits per heavy atom. The van der Waals surface area contributed by atoms with Crippen molar-refractivity contribution < 1.29 is 9.47 Å². The fraction of sp³-hybridized carbons (Fsp3) is 0.364. The van der Waals surface area contributed by atoms with E-state index in [2.05, 4.69) is 55.1 Å². The zero-order valence-electron chi connectivity index (χ0n) is 14.5. The standard InChI is InChI=1S/C22H25O2S/c1-17-12-13-21-22(24-15-19-10-6-3-7-11-19)20(16-25(17)21)23-14-18-8-4-2-5-9-18/h2-11,20-22H,1,12-16H2/q+1/t20-,21-,22+,25?/m1/s1. The van der Waals surface area contributed by atoms with Gasteiger partial charge in [0.15, 0.2) is 5.25 Å². The molecular formula is C22H25O2S+. The summed E-state index contributed by atoms with van der Waals surface area (Å²) in [5.74, 6) is 1.08.